The van der Waals surface area contributed by atoms with E-state index in [0.29, 0.717) is 0 Å². The van der Waals surface area contributed by atoms with Gasteiger partial charge in [0.05, 0.1) is 25.9 Å². The maximum Gasteiger partial charge on any atom is 0.294 e. The summed E-state index contributed by atoms with van der Waals surface area (Å²) in [7, 11) is 0. The van der Waals surface area contributed by atoms with Crippen molar-refractivity contribution in [3.8, 4) is 0 Å². The van der Waals surface area contributed by atoms with Gasteiger partial charge in [0.2, 0.25) is 0 Å². The second kappa shape index (κ2) is 5.55. The largest absolute Gasteiger partial charge is 0.390 e. The first-order valence-electron chi connectivity index (χ1n) is 6.04. The Morgan fingerprint density at radius 1 is 1.53 bits per heavy atom. The average molecular weight is 279 g/mol. The fraction of sp³-hybridized carbons (Fsp3) is 1.00. The van der Waals surface area contributed by atoms with Gasteiger partial charge in [-0.05, 0) is 12.8 Å². The van der Waals surface area contributed by atoms with Crippen molar-refractivity contribution in [1.82, 2.24) is 0 Å². The van der Waals surface area contributed by atoms with Crippen molar-refractivity contribution >= 4 is 0 Å². The lowest BCUT2D eigenvalue weighted by Crippen LogP contribution is -2.53. The van der Waals surface area contributed by atoms with Crippen molar-refractivity contribution in [1.29, 1.82) is 0 Å². The van der Waals surface area contributed by atoms with Crippen LogP contribution in [-0.2, 0) is 14.3 Å². The van der Waals surface area contributed by atoms with E-state index < -0.39 is 35.1 Å². The lowest BCUT2D eigenvalue weighted by atomic mass is 9.88. The van der Waals surface area contributed by atoms with E-state index in [0.717, 1.165) is 0 Å². The molecular weight excluding hydrogens is 262 g/mol. The van der Waals surface area contributed by atoms with Crippen LogP contribution in [-0.4, -0.2) is 70.2 Å². The smallest absolute Gasteiger partial charge is 0.294 e. The van der Waals surface area contributed by atoms with Gasteiger partial charge in [0.25, 0.3) is 5.09 Å². The Balaban J connectivity index is 1.84. The molecule has 0 aromatic carbocycles. The summed E-state index contributed by atoms with van der Waals surface area (Å²) in [5, 5.41) is 39.0. The van der Waals surface area contributed by atoms with Gasteiger partial charge < -0.3 is 29.6 Å². The van der Waals surface area contributed by atoms with Crippen molar-refractivity contribution in [2.75, 3.05) is 19.8 Å². The maximum atomic E-state index is 10.4. The molecule has 5 atom stereocenters. The van der Waals surface area contributed by atoms with Crippen molar-refractivity contribution < 1.29 is 34.7 Å². The molecule has 3 N–H and O–H groups in total. The van der Waals surface area contributed by atoms with Crippen molar-refractivity contribution in [3.63, 3.8) is 0 Å². The zero-order valence-electron chi connectivity index (χ0n) is 10.2. The second-order valence-electron chi connectivity index (χ2n) is 4.80. The van der Waals surface area contributed by atoms with E-state index in [9.17, 15) is 25.4 Å². The minimum Gasteiger partial charge on any atom is -0.390 e. The van der Waals surface area contributed by atoms with Crippen molar-refractivity contribution in [2.45, 2.75) is 42.9 Å². The third-order valence-corrected chi connectivity index (χ3v) is 3.52. The summed E-state index contributed by atoms with van der Waals surface area (Å²) in [4.78, 5) is 14.1. The monoisotopic (exact) mass is 279 g/mol. The quantitative estimate of drug-likeness (QED) is 0.295. The van der Waals surface area contributed by atoms with E-state index in [-0.39, 0.29) is 32.7 Å². The highest BCUT2D eigenvalue weighted by Crippen LogP contribution is 2.37. The van der Waals surface area contributed by atoms with Crippen LogP contribution in [0.4, 0.5) is 0 Å². The van der Waals surface area contributed by atoms with E-state index >= 15 is 0 Å². The number of aliphatic hydroxyl groups excluding tert-OH is 2. The lowest BCUT2D eigenvalue weighted by molar-refractivity contribution is -0.757. The van der Waals surface area contributed by atoms with Gasteiger partial charge in [-0.2, -0.15) is 0 Å². The maximum absolute atomic E-state index is 10.4. The summed E-state index contributed by atoms with van der Waals surface area (Å²) in [6.07, 6.45) is -3.09. The number of nitrogens with zero attached hydrogens (tertiary/aromatic N) is 1. The fourth-order valence-corrected chi connectivity index (χ4v) is 2.48. The van der Waals surface area contributed by atoms with E-state index in [1.807, 2.05) is 0 Å². The van der Waals surface area contributed by atoms with Crippen LogP contribution >= 0.6 is 0 Å². The van der Waals surface area contributed by atoms with Crippen LogP contribution in [0.25, 0.3) is 0 Å². The molecule has 2 saturated heterocycles. The number of fused-ring (bicyclic) bond motifs is 1. The Morgan fingerprint density at radius 3 is 2.95 bits per heavy atom. The SMILES string of the molecule is O=[N+]([O-])OCCCC(O)[C@]1(O)CO[C@@H]2[C@@H](O)CO[C@@H]21. The molecule has 0 spiro atoms. The predicted octanol–water partition coefficient (Wildman–Crippen LogP) is -1.77. The molecule has 1 unspecified atom stereocenters. The van der Waals surface area contributed by atoms with Crippen LogP contribution in [0.1, 0.15) is 12.8 Å². The van der Waals surface area contributed by atoms with Crippen LogP contribution in [0.15, 0.2) is 0 Å². The highest BCUT2D eigenvalue weighted by atomic mass is 16.9. The van der Waals surface area contributed by atoms with Gasteiger partial charge in [0, 0.05) is 0 Å². The average Bonchev–Trinajstić information content (AvgIpc) is 2.88. The van der Waals surface area contributed by atoms with Gasteiger partial charge in [-0.1, -0.05) is 0 Å². The Morgan fingerprint density at radius 2 is 2.26 bits per heavy atom. The standard InChI is InChI=1S/C10H17NO8/c12-6-4-17-9-8(6)18-5-10(9,14)7(13)2-1-3-19-11(15)16/h6-9,12-14H,1-5H2/t6-,7?,8+,9-,10+/m0/s1. The summed E-state index contributed by atoms with van der Waals surface area (Å²) in [6, 6.07) is 0. The summed E-state index contributed by atoms with van der Waals surface area (Å²) >= 11 is 0. The van der Waals surface area contributed by atoms with Crippen LogP contribution in [0.3, 0.4) is 0 Å². The van der Waals surface area contributed by atoms with Crippen molar-refractivity contribution in [3.05, 3.63) is 10.1 Å². The van der Waals surface area contributed by atoms with Gasteiger partial charge in [-0.3, -0.25) is 0 Å². The van der Waals surface area contributed by atoms with E-state index in [2.05, 4.69) is 4.84 Å². The molecule has 9 heteroatoms. The Hall–Kier alpha value is -1.00. The minimum atomic E-state index is -1.60. The highest BCUT2D eigenvalue weighted by Gasteiger charge is 2.58. The van der Waals surface area contributed by atoms with E-state index in [4.69, 9.17) is 9.47 Å². The zero-order chi connectivity index (χ0) is 14.0. The molecule has 2 rings (SSSR count). The predicted molar refractivity (Wildman–Crippen MR) is 58.6 cm³/mol. The number of aliphatic hydroxyl groups is 3. The first-order valence-corrected chi connectivity index (χ1v) is 6.04. The number of hydrogen-bond acceptors (Lipinski definition) is 8. The van der Waals surface area contributed by atoms with Crippen molar-refractivity contribution in [2.24, 2.45) is 0 Å². The summed E-state index contributed by atoms with van der Waals surface area (Å²) in [5.41, 5.74) is -1.60. The number of hydrogen-bond donors (Lipinski definition) is 3. The zero-order valence-corrected chi connectivity index (χ0v) is 10.2. The van der Waals surface area contributed by atoms with Gasteiger partial charge in [0.15, 0.2) is 0 Å². The molecule has 0 bridgehead atoms. The third-order valence-electron chi connectivity index (χ3n) is 3.52. The molecule has 0 aliphatic carbocycles. The van der Waals surface area contributed by atoms with Crippen LogP contribution in [0, 0.1) is 10.1 Å². The third kappa shape index (κ3) is 2.79. The minimum absolute atomic E-state index is 0.0504. The Labute approximate surface area is 108 Å². The van der Waals surface area contributed by atoms with Gasteiger partial charge >= 0.3 is 0 Å². The fourth-order valence-electron chi connectivity index (χ4n) is 2.48. The van der Waals surface area contributed by atoms with Gasteiger partial charge in [0.1, 0.15) is 23.9 Å². The Kier molecular flexibility index (Phi) is 4.21. The molecule has 0 aromatic heterocycles. The molecule has 0 radical (unpaired) electrons. The second-order valence-corrected chi connectivity index (χ2v) is 4.80. The molecule has 9 nitrogen and oxygen atoms in total. The lowest BCUT2D eigenvalue weighted by Gasteiger charge is -2.31. The molecular formula is C10H17NO8. The molecule has 2 fully saturated rings. The van der Waals surface area contributed by atoms with Gasteiger partial charge in [-0.15, -0.1) is 10.1 Å². The molecule has 110 valence electrons. The molecule has 0 saturated carbocycles. The number of rotatable bonds is 6. The molecule has 2 heterocycles. The first kappa shape index (κ1) is 14.4. The van der Waals surface area contributed by atoms with Crippen LogP contribution in [0.2, 0.25) is 0 Å². The first-order chi connectivity index (χ1) is 8.95. The molecule has 2 aliphatic heterocycles. The molecule has 2 aliphatic rings. The van der Waals surface area contributed by atoms with Gasteiger partial charge in [-0.25, -0.2) is 0 Å². The van der Waals surface area contributed by atoms with E-state index in [1.165, 1.54) is 0 Å². The molecule has 0 amide bonds. The Bertz CT molecular complexity index is 339. The molecule has 0 aromatic rings. The normalized spacial score (nSPS) is 39.0. The summed E-state index contributed by atoms with van der Waals surface area (Å²) < 4.78 is 10.5. The number of ether oxygens (including phenoxy) is 2. The highest BCUT2D eigenvalue weighted by molar-refractivity contribution is 5.07. The topological polar surface area (TPSA) is 132 Å². The molecule has 19 heavy (non-hydrogen) atoms. The van der Waals surface area contributed by atoms with E-state index in [1.54, 1.807) is 0 Å². The summed E-state index contributed by atoms with van der Waals surface area (Å²) in [5.74, 6) is 0. The summed E-state index contributed by atoms with van der Waals surface area (Å²) in [6.45, 7) is -0.246. The van der Waals surface area contributed by atoms with Crippen LogP contribution in [0.5, 0.6) is 0 Å². The van der Waals surface area contributed by atoms with Crippen LogP contribution < -0.4 is 0 Å².